The predicted octanol–water partition coefficient (Wildman–Crippen LogP) is 5.58. The van der Waals surface area contributed by atoms with Crippen molar-refractivity contribution in [3.8, 4) is 17.2 Å². The van der Waals surface area contributed by atoms with Crippen molar-refractivity contribution in [1.82, 2.24) is 4.98 Å². The number of anilines is 1. The Morgan fingerprint density at radius 1 is 1.13 bits per heavy atom. The monoisotopic (exact) mass is 542 g/mol. The van der Waals surface area contributed by atoms with Crippen LogP contribution in [0.4, 0.5) is 5.13 Å². The number of fused-ring (bicyclic) bond motifs is 2. The molecule has 2 aliphatic rings. The summed E-state index contributed by atoms with van der Waals surface area (Å²) >= 11 is 1.31. The van der Waals surface area contributed by atoms with Crippen molar-refractivity contribution in [3.63, 3.8) is 0 Å². The third-order valence-electron chi connectivity index (χ3n) is 7.16. The number of aliphatic hydroxyl groups excluding tert-OH is 1. The number of benzene rings is 3. The summed E-state index contributed by atoms with van der Waals surface area (Å²) in [4.78, 5) is 33.3. The van der Waals surface area contributed by atoms with Crippen LogP contribution in [0.25, 0.3) is 16.0 Å². The number of aromatic hydroxyl groups is 1. The third kappa shape index (κ3) is 4.01. The molecule has 1 fully saturated rings. The number of phenolic OH excluding ortho intramolecular Hbond substituents is 1. The van der Waals surface area contributed by atoms with Gasteiger partial charge in [-0.3, -0.25) is 14.5 Å². The minimum Gasteiger partial charge on any atom is -0.507 e. The molecule has 8 nitrogen and oxygen atoms in total. The van der Waals surface area contributed by atoms with Gasteiger partial charge in [-0.15, -0.1) is 0 Å². The zero-order chi connectivity index (χ0) is 27.6. The number of carbonyl (C=O) groups excluding carboxylic acids is 2. The summed E-state index contributed by atoms with van der Waals surface area (Å²) in [5.41, 5.74) is 4.52. The second-order valence-corrected chi connectivity index (χ2v) is 11.0. The lowest BCUT2D eigenvalue weighted by Crippen LogP contribution is -2.29. The molecule has 0 unspecified atom stereocenters. The highest BCUT2D eigenvalue weighted by atomic mass is 32.1. The number of ether oxygens (including phenoxy) is 2. The highest BCUT2D eigenvalue weighted by Crippen LogP contribution is 2.46. The smallest absolute Gasteiger partial charge is 0.301 e. The number of aliphatic hydroxyl groups is 1. The van der Waals surface area contributed by atoms with Gasteiger partial charge in [0.2, 0.25) is 0 Å². The van der Waals surface area contributed by atoms with Gasteiger partial charge < -0.3 is 19.7 Å². The lowest BCUT2D eigenvalue weighted by molar-refractivity contribution is -0.132. The first-order valence-electron chi connectivity index (χ1n) is 12.5. The molecule has 0 spiro atoms. The maximum atomic E-state index is 13.6. The summed E-state index contributed by atoms with van der Waals surface area (Å²) in [5, 5.41) is 22.1. The van der Waals surface area contributed by atoms with Gasteiger partial charge in [0.25, 0.3) is 5.78 Å². The van der Waals surface area contributed by atoms with Crippen LogP contribution in [0.2, 0.25) is 0 Å². The molecular formula is C30H26N2O6S. The molecule has 1 aromatic heterocycles. The molecule has 198 valence electrons. The molecule has 3 heterocycles. The van der Waals surface area contributed by atoms with Gasteiger partial charge in [0.1, 0.15) is 17.6 Å². The molecule has 2 atom stereocenters. The summed E-state index contributed by atoms with van der Waals surface area (Å²) in [6.45, 7) is 5.90. The summed E-state index contributed by atoms with van der Waals surface area (Å²) in [7, 11) is 1.42. The summed E-state index contributed by atoms with van der Waals surface area (Å²) in [5.74, 6) is -1.07. The van der Waals surface area contributed by atoms with E-state index in [0.717, 1.165) is 32.7 Å². The van der Waals surface area contributed by atoms with E-state index < -0.39 is 17.7 Å². The van der Waals surface area contributed by atoms with Crippen LogP contribution in [-0.4, -0.2) is 40.1 Å². The average Bonchev–Trinajstić information content (AvgIpc) is 3.56. The van der Waals surface area contributed by atoms with Gasteiger partial charge in [-0.05, 0) is 79.4 Å². The number of phenols is 1. The number of carbonyl (C=O) groups is 2. The minimum atomic E-state index is -0.995. The molecule has 1 amide bonds. The van der Waals surface area contributed by atoms with Crippen molar-refractivity contribution in [2.45, 2.75) is 39.3 Å². The van der Waals surface area contributed by atoms with Crippen molar-refractivity contribution in [2.75, 3.05) is 12.0 Å². The molecular weight excluding hydrogens is 516 g/mol. The average molecular weight is 543 g/mol. The van der Waals surface area contributed by atoms with E-state index in [1.54, 1.807) is 30.3 Å². The number of amides is 1. The largest absolute Gasteiger partial charge is 0.507 e. The molecule has 3 aromatic carbocycles. The Hall–Kier alpha value is -4.37. The van der Waals surface area contributed by atoms with Crippen LogP contribution >= 0.6 is 11.3 Å². The zero-order valence-corrected chi connectivity index (χ0v) is 22.6. The molecule has 2 N–H and O–H groups in total. The summed E-state index contributed by atoms with van der Waals surface area (Å²) in [6.07, 6.45) is 0.687. The molecule has 6 rings (SSSR count). The second-order valence-electron chi connectivity index (χ2n) is 9.98. The van der Waals surface area contributed by atoms with Crippen LogP contribution < -0.4 is 14.4 Å². The fourth-order valence-electron chi connectivity index (χ4n) is 5.40. The minimum absolute atomic E-state index is 0.0126. The van der Waals surface area contributed by atoms with Crippen LogP contribution in [0.15, 0.2) is 54.1 Å². The van der Waals surface area contributed by atoms with Crippen molar-refractivity contribution >= 4 is 44.1 Å². The van der Waals surface area contributed by atoms with Gasteiger partial charge in [-0.1, -0.05) is 23.5 Å². The zero-order valence-electron chi connectivity index (χ0n) is 21.8. The number of hydrogen-bond acceptors (Lipinski definition) is 8. The van der Waals surface area contributed by atoms with E-state index in [9.17, 15) is 19.8 Å². The highest BCUT2D eigenvalue weighted by Gasteiger charge is 2.48. The van der Waals surface area contributed by atoms with E-state index in [2.05, 4.69) is 0 Å². The van der Waals surface area contributed by atoms with Gasteiger partial charge in [-0.25, -0.2) is 4.98 Å². The maximum absolute atomic E-state index is 13.6. The number of ketones is 1. The van der Waals surface area contributed by atoms with Crippen LogP contribution in [0.5, 0.6) is 17.2 Å². The van der Waals surface area contributed by atoms with Gasteiger partial charge in [0.15, 0.2) is 16.6 Å². The van der Waals surface area contributed by atoms with E-state index in [1.807, 2.05) is 32.9 Å². The van der Waals surface area contributed by atoms with Gasteiger partial charge in [0, 0.05) is 12.0 Å². The molecule has 4 aromatic rings. The van der Waals surface area contributed by atoms with Gasteiger partial charge in [-0.2, -0.15) is 0 Å². The molecule has 2 aliphatic heterocycles. The Bertz CT molecular complexity index is 1720. The Morgan fingerprint density at radius 3 is 2.69 bits per heavy atom. The van der Waals surface area contributed by atoms with E-state index >= 15 is 0 Å². The summed E-state index contributed by atoms with van der Waals surface area (Å²) < 4.78 is 12.0. The van der Waals surface area contributed by atoms with E-state index in [0.29, 0.717) is 22.7 Å². The molecule has 39 heavy (non-hydrogen) atoms. The number of rotatable bonds is 4. The second kappa shape index (κ2) is 9.13. The Morgan fingerprint density at radius 2 is 1.92 bits per heavy atom. The van der Waals surface area contributed by atoms with E-state index in [-0.39, 0.29) is 28.9 Å². The Kier molecular flexibility index (Phi) is 5.84. The molecule has 1 saturated heterocycles. The SMILES string of the molecule is COc1cc([C@@H]2C(=C(O)c3ccc4c(c3)C[C@H](C)O4)C(=O)C(=O)N2c2nc3c(C)cc(C)cc3s2)ccc1O. The van der Waals surface area contributed by atoms with Crippen molar-refractivity contribution in [3.05, 3.63) is 81.9 Å². The Balaban J connectivity index is 1.56. The fourth-order valence-corrected chi connectivity index (χ4v) is 6.56. The lowest BCUT2D eigenvalue weighted by Gasteiger charge is -2.23. The molecule has 0 aliphatic carbocycles. The normalized spacial score (nSPS) is 19.9. The first-order valence-corrected chi connectivity index (χ1v) is 13.3. The third-order valence-corrected chi connectivity index (χ3v) is 8.16. The molecule has 0 radical (unpaired) electrons. The number of thiazole rings is 1. The molecule has 9 heteroatoms. The number of aryl methyl sites for hydroxylation is 2. The highest BCUT2D eigenvalue weighted by molar-refractivity contribution is 7.22. The number of Topliss-reactive ketones (excluding diaryl/α,β-unsaturated/α-hetero) is 1. The van der Waals surface area contributed by atoms with Crippen molar-refractivity contribution < 1.29 is 29.3 Å². The Labute approximate surface area is 228 Å². The van der Waals surface area contributed by atoms with Gasteiger partial charge in [0.05, 0.1) is 28.9 Å². The first-order chi connectivity index (χ1) is 18.7. The van der Waals surface area contributed by atoms with Gasteiger partial charge >= 0.3 is 5.91 Å². The van der Waals surface area contributed by atoms with Crippen LogP contribution in [0, 0.1) is 13.8 Å². The molecule has 0 bridgehead atoms. The summed E-state index contributed by atoms with van der Waals surface area (Å²) in [6, 6.07) is 12.9. The van der Waals surface area contributed by atoms with E-state index in [4.69, 9.17) is 14.5 Å². The quantitative estimate of drug-likeness (QED) is 0.197. The lowest BCUT2D eigenvalue weighted by atomic mass is 9.94. The van der Waals surface area contributed by atoms with Crippen molar-refractivity contribution in [2.24, 2.45) is 0 Å². The molecule has 0 saturated carbocycles. The van der Waals surface area contributed by atoms with E-state index in [1.165, 1.54) is 29.4 Å². The van der Waals surface area contributed by atoms with Crippen LogP contribution in [0.3, 0.4) is 0 Å². The number of aromatic nitrogens is 1. The number of methoxy groups -OCH3 is 1. The first kappa shape index (κ1) is 24.9. The van der Waals surface area contributed by atoms with Crippen molar-refractivity contribution in [1.29, 1.82) is 0 Å². The maximum Gasteiger partial charge on any atom is 0.301 e. The number of hydrogen-bond donors (Lipinski definition) is 2. The number of nitrogens with zero attached hydrogens (tertiary/aromatic N) is 2. The van der Waals surface area contributed by atoms with Crippen LogP contribution in [0.1, 0.15) is 40.8 Å². The topological polar surface area (TPSA) is 109 Å². The predicted molar refractivity (Wildman–Crippen MR) is 149 cm³/mol. The standard InChI is InChI=1S/C30H26N2O6S/c1-14-9-15(2)25-23(10-14)39-30(31-25)32-26(17-5-7-20(33)22(13-17)37-4)24(28(35)29(32)36)27(34)18-6-8-21-19(12-18)11-16(3)38-21/h5-10,12-13,16,26,33-34H,11H2,1-4H3/t16-,26+/m0/s1. The fraction of sp³-hybridized carbons (Fsp3) is 0.233. The van der Waals surface area contributed by atoms with Crippen LogP contribution in [-0.2, 0) is 16.0 Å².